The van der Waals surface area contributed by atoms with E-state index in [1.165, 1.54) is 17.4 Å². The molecule has 0 aromatic carbocycles. The SMILES string of the molecule is CC(C)C(NC(=O)C(Cc1cnc[nH]1)NC(=O)C(N)CO)C(=O)N1CCCC1C(=O)O. The Bertz CT molecular complexity index is 783. The molecule has 31 heavy (non-hydrogen) atoms. The van der Waals surface area contributed by atoms with E-state index in [-0.39, 0.29) is 12.3 Å². The zero-order chi connectivity index (χ0) is 23.1. The number of nitrogens with two attached hydrogens (primary N) is 1. The smallest absolute Gasteiger partial charge is 0.326 e. The Morgan fingerprint density at radius 1 is 1.29 bits per heavy atom. The van der Waals surface area contributed by atoms with E-state index in [1.807, 2.05) is 0 Å². The number of aliphatic hydroxyl groups excluding tert-OH is 1. The van der Waals surface area contributed by atoms with Gasteiger partial charge in [-0.25, -0.2) is 9.78 Å². The summed E-state index contributed by atoms with van der Waals surface area (Å²) in [5.41, 5.74) is 6.10. The maximum atomic E-state index is 13.0. The van der Waals surface area contributed by atoms with E-state index < -0.39 is 54.5 Å². The average molecular weight is 438 g/mol. The Morgan fingerprint density at radius 3 is 2.55 bits per heavy atom. The van der Waals surface area contributed by atoms with Crippen LogP contribution >= 0.6 is 0 Å². The van der Waals surface area contributed by atoms with Gasteiger partial charge in [-0.3, -0.25) is 14.4 Å². The van der Waals surface area contributed by atoms with E-state index in [1.54, 1.807) is 13.8 Å². The van der Waals surface area contributed by atoms with Gasteiger partial charge in [-0.15, -0.1) is 0 Å². The molecule has 1 saturated heterocycles. The third-order valence-corrected chi connectivity index (χ3v) is 5.20. The Labute approximate surface area is 179 Å². The summed E-state index contributed by atoms with van der Waals surface area (Å²) in [6.07, 6.45) is 3.89. The molecule has 1 aliphatic heterocycles. The van der Waals surface area contributed by atoms with Crippen LogP contribution in [0.25, 0.3) is 0 Å². The number of hydrogen-bond acceptors (Lipinski definition) is 7. The van der Waals surface area contributed by atoms with Crippen LogP contribution in [-0.2, 0) is 25.6 Å². The van der Waals surface area contributed by atoms with Crippen LogP contribution in [0.4, 0.5) is 0 Å². The molecular formula is C19H30N6O6. The van der Waals surface area contributed by atoms with Crippen molar-refractivity contribution in [3.05, 3.63) is 18.2 Å². The molecule has 1 aromatic heterocycles. The van der Waals surface area contributed by atoms with Gasteiger partial charge in [-0.2, -0.15) is 0 Å². The predicted molar refractivity (Wildman–Crippen MR) is 108 cm³/mol. The number of aliphatic hydroxyl groups is 1. The quantitative estimate of drug-likeness (QED) is 0.241. The van der Waals surface area contributed by atoms with Crippen LogP contribution in [0.3, 0.4) is 0 Å². The number of H-pyrrole nitrogens is 1. The summed E-state index contributed by atoms with van der Waals surface area (Å²) in [6.45, 7) is 3.18. The van der Waals surface area contributed by atoms with Gasteiger partial charge in [-0.05, 0) is 18.8 Å². The first-order valence-corrected chi connectivity index (χ1v) is 10.1. The van der Waals surface area contributed by atoms with Crippen molar-refractivity contribution in [2.45, 2.75) is 57.3 Å². The largest absolute Gasteiger partial charge is 0.480 e. The highest BCUT2D eigenvalue weighted by molar-refractivity contribution is 5.94. The summed E-state index contributed by atoms with van der Waals surface area (Å²) in [6, 6.07) is -4.19. The van der Waals surface area contributed by atoms with Gasteiger partial charge in [0.2, 0.25) is 17.7 Å². The van der Waals surface area contributed by atoms with E-state index >= 15 is 0 Å². The Kier molecular flexibility index (Phi) is 8.51. The monoisotopic (exact) mass is 438 g/mol. The van der Waals surface area contributed by atoms with Crippen molar-refractivity contribution in [2.24, 2.45) is 11.7 Å². The fourth-order valence-corrected chi connectivity index (χ4v) is 3.42. The van der Waals surface area contributed by atoms with Crippen molar-refractivity contribution in [2.75, 3.05) is 13.2 Å². The molecule has 1 aliphatic rings. The number of hydrogen-bond donors (Lipinski definition) is 6. The molecule has 1 fully saturated rings. The lowest BCUT2D eigenvalue weighted by Crippen LogP contribution is -2.59. The molecule has 172 valence electrons. The molecule has 12 heteroatoms. The lowest BCUT2D eigenvalue weighted by atomic mass is 10.0. The van der Waals surface area contributed by atoms with E-state index in [9.17, 15) is 24.3 Å². The number of aromatic amines is 1. The number of imidazole rings is 1. The minimum absolute atomic E-state index is 0.0518. The van der Waals surface area contributed by atoms with Gasteiger partial charge in [-0.1, -0.05) is 13.8 Å². The number of carboxylic acids is 1. The van der Waals surface area contributed by atoms with Crippen molar-refractivity contribution in [3.63, 3.8) is 0 Å². The lowest BCUT2D eigenvalue weighted by molar-refractivity contribution is -0.150. The maximum absolute atomic E-state index is 13.0. The Hall–Kier alpha value is -2.99. The maximum Gasteiger partial charge on any atom is 0.326 e. The second kappa shape index (κ2) is 10.9. The van der Waals surface area contributed by atoms with Gasteiger partial charge in [0.05, 0.1) is 12.9 Å². The molecule has 0 aliphatic carbocycles. The second-order valence-corrected chi connectivity index (χ2v) is 7.89. The molecule has 4 atom stereocenters. The zero-order valence-electron chi connectivity index (χ0n) is 17.6. The number of amides is 3. The number of carbonyl (C=O) groups is 4. The van der Waals surface area contributed by atoms with Crippen LogP contribution in [0.1, 0.15) is 32.4 Å². The van der Waals surface area contributed by atoms with Crippen LogP contribution in [0.2, 0.25) is 0 Å². The van der Waals surface area contributed by atoms with Crippen LogP contribution in [-0.4, -0.2) is 86.1 Å². The molecule has 4 unspecified atom stereocenters. The molecule has 7 N–H and O–H groups in total. The van der Waals surface area contributed by atoms with Crippen LogP contribution < -0.4 is 16.4 Å². The van der Waals surface area contributed by atoms with E-state index in [2.05, 4.69) is 20.6 Å². The molecule has 1 aromatic rings. The third-order valence-electron chi connectivity index (χ3n) is 5.20. The zero-order valence-corrected chi connectivity index (χ0v) is 17.6. The van der Waals surface area contributed by atoms with Gasteiger partial charge in [0.15, 0.2) is 0 Å². The summed E-state index contributed by atoms with van der Waals surface area (Å²) in [5.74, 6) is -3.24. The third kappa shape index (κ3) is 6.25. The average Bonchev–Trinajstić information content (AvgIpc) is 3.41. The molecule has 3 amide bonds. The highest BCUT2D eigenvalue weighted by Crippen LogP contribution is 2.20. The molecular weight excluding hydrogens is 408 g/mol. The van der Waals surface area contributed by atoms with Gasteiger partial charge >= 0.3 is 5.97 Å². The van der Waals surface area contributed by atoms with E-state index in [0.717, 1.165) is 0 Å². The first-order valence-electron chi connectivity index (χ1n) is 10.1. The Balaban J connectivity index is 2.17. The number of nitrogens with one attached hydrogen (secondary N) is 3. The van der Waals surface area contributed by atoms with Crippen LogP contribution in [0, 0.1) is 5.92 Å². The topological polar surface area (TPSA) is 191 Å². The molecule has 0 saturated carbocycles. The molecule has 0 radical (unpaired) electrons. The predicted octanol–water partition coefficient (Wildman–Crippen LogP) is -2.03. The summed E-state index contributed by atoms with van der Waals surface area (Å²) in [5, 5.41) is 23.6. The van der Waals surface area contributed by atoms with Crippen molar-refractivity contribution >= 4 is 23.7 Å². The summed E-state index contributed by atoms with van der Waals surface area (Å²) in [4.78, 5) is 57.7. The summed E-state index contributed by atoms with van der Waals surface area (Å²) in [7, 11) is 0. The normalized spacial score (nSPS) is 19.0. The number of nitrogens with zero attached hydrogens (tertiary/aromatic N) is 2. The van der Waals surface area contributed by atoms with E-state index in [0.29, 0.717) is 25.1 Å². The summed E-state index contributed by atoms with van der Waals surface area (Å²) < 4.78 is 0. The highest BCUT2D eigenvalue weighted by Gasteiger charge is 2.39. The van der Waals surface area contributed by atoms with Gasteiger partial charge in [0.1, 0.15) is 24.2 Å². The minimum Gasteiger partial charge on any atom is -0.480 e. The Morgan fingerprint density at radius 2 is 2.00 bits per heavy atom. The second-order valence-electron chi connectivity index (χ2n) is 7.89. The first kappa shape index (κ1) is 24.3. The first-order chi connectivity index (χ1) is 14.6. The fraction of sp³-hybridized carbons (Fsp3) is 0.632. The number of carbonyl (C=O) groups excluding carboxylic acids is 3. The molecule has 2 rings (SSSR count). The number of rotatable bonds is 10. The number of carboxylic acid groups (broad SMARTS) is 1. The van der Waals surface area contributed by atoms with Crippen molar-refractivity contribution in [1.29, 1.82) is 0 Å². The van der Waals surface area contributed by atoms with Gasteiger partial charge < -0.3 is 36.5 Å². The number of aromatic nitrogens is 2. The highest BCUT2D eigenvalue weighted by atomic mass is 16.4. The number of aliphatic carboxylic acids is 1. The van der Waals surface area contributed by atoms with Gasteiger partial charge in [0.25, 0.3) is 0 Å². The van der Waals surface area contributed by atoms with E-state index in [4.69, 9.17) is 10.8 Å². The van der Waals surface area contributed by atoms with Crippen molar-refractivity contribution in [1.82, 2.24) is 25.5 Å². The van der Waals surface area contributed by atoms with Crippen molar-refractivity contribution < 1.29 is 29.4 Å². The fourth-order valence-electron chi connectivity index (χ4n) is 3.42. The molecule has 0 bridgehead atoms. The van der Waals surface area contributed by atoms with Crippen LogP contribution in [0.5, 0.6) is 0 Å². The lowest BCUT2D eigenvalue weighted by Gasteiger charge is -2.30. The minimum atomic E-state index is -1.21. The molecule has 2 heterocycles. The summed E-state index contributed by atoms with van der Waals surface area (Å²) >= 11 is 0. The van der Waals surface area contributed by atoms with Gasteiger partial charge in [0, 0.05) is 24.9 Å². The number of likely N-dealkylation sites (tertiary alicyclic amines) is 1. The van der Waals surface area contributed by atoms with Crippen LogP contribution in [0.15, 0.2) is 12.5 Å². The molecule has 12 nitrogen and oxygen atoms in total. The standard InChI is InChI=1S/C19H30N6O6/c1-10(2)15(18(29)25-5-3-4-14(25)19(30)31)24-17(28)13(6-11-7-21-9-22-11)23-16(27)12(20)8-26/h7,9-10,12-15,26H,3-6,8,20H2,1-2H3,(H,21,22)(H,23,27)(H,24,28)(H,30,31). The van der Waals surface area contributed by atoms with Crippen molar-refractivity contribution in [3.8, 4) is 0 Å². The molecule has 0 spiro atoms.